The number of hydrogen-bond donors (Lipinski definition) is 0. The normalized spacial score (nSPS) is 17.8. The number of rotatable bonds is 12. The molecule has 0 N–H and O–H groups in total. The Morgan fingerprint density at radius 2 is 0.914 bits per heavy atom. The predicted molar refractivity (Wildman–Crippen MR) is 149 cm³/mol. The minimum Gasteiger partial charge on any atom is -1.00 e. The minimum atomic E-state index is -1.08. The van der Waals surface area contributed by atoms with Gasteiger partial charge in [0.2, 0.25) is 0 Å². The van der Waals surface area contributed by atoms with E-state index in [1.165, 1.54) is 50.3 Å². The number of fused-ring (bicyclic) bond motifs is 2. The maximum Gasteiger partial charge on any atom is -1.00 e. The van der Waals surface area contributed by atoms with Crippen molar-refractivity contribution in [1.82, 2.24) is 0 Å². The van der Waals surface area contributed by atoms with Crippen LogP contribution in [0.25, 0.3) is 12.2 Å². The van der Waals surface area contributed by atoms with Gasteiger partial charge in [0.1, 0.15) is 0 Å². The summed E-state index contributed by atoms with van der Waals surface area (Å²) in [6.45, 7) is 9.56. The van der Waals surface area contributed by atoms with Gasteiger partial charge >= 0.3 is 218 Å². The Morgan fingerprint density at radius 3 is 1.26 bits per heavy atom. The third-order valence-corrected chi connectivity index (χ3v) is 21.6. The van der Waals surface area contributed by atoms with E-state index in [2.05, 4.69) is 88.4 Å². The Balaban J connectivity index is 0.00000216. The summed E-state index contributed by atoms with van der Waals surface area (Å²) in [5.41, 5.74) is 6.47. The summed E-state index contributed by atoms with van der Waals surface area (Å²) < 4.78 is 1.59. The molecule has 35 heavy (non-hydrogen) atoms. The fraction of sp³-hybridized carbons (Fsp3) is 0.467. The quantitative estimate of drug-likeness (QED) is 0.232. The van der Waals surface area contributed by atoms with Crippen molar-refractivity contribution in [2.24, 2.45) is 0 Å². The molecule has 0 saturated heterocycles. The largest absolute Gasteiger partial charge is 1.00 e. The zero-order valence-electron chi connectivity index (χ0n) is 21.7. The number of halogens is 2. The van der Waals surface area contributed by atoms with Crippen LogP contribution in [0.4, 0.5) is 0 Å². The molecule has 2 unspecified atom stereocenters. The predicted octanol–water partition coefficient (Wildman–Crippen LogP) is 3.87. The van der Waals surface area contributed by atoms with E-state index >= 15 is 0 Å². The summed E-state index contributed by atoms with van der Waals surface area (Å²) in [6, 6.07) is 18.9. The van der Waals surface area contributed by atoms with E-state index in [-0.39, 0.29) is 40.7 Å². The minimum absolute atomic E-state index is 0. The molecular weight excluding hydrogens is 672 g/mol. The molecule has 0 bridgehead atoms. The Kier molecular flexibility index (Phi) is 14.0. The van der Waals surface area contributed by atoms with E-state index < -0.39 is 22.9 Å². The van der Waals surface area contributed by atoms with Gasteiger partial charge in [-0.2, -0.15) is 0 Å². The van der Waals surface area contributed by atoms with Crippen molar-refractivity contribution in [2.75, 3.05) is 24.6 Å². The van der Waals surface area contributed by atoms with Crippen molar-refractivity contribution >= 4 is 28.0 Å². The molecule has 0 fully saturated rings. The summed E-state index contributed by atoms with van der Waals surface area (Å²) in [5.74, 6) is 0. The second-order valence-corrected chi connectivity index (χ2v) is 19.7. The second kappa shape index (κ2) is 15.6. The summed E-state index contributed by atoms with van der Waals surface area (Å²) in [5, 5.41) is 3.77. The molecule has 2 aliphatic rings. The van der Waals surface area contributed by atoms with Gasteiger partial charge in [-0.25, -0.2) is 0 Å². The molecule has 0 spiro atoms. The number of hydrogen-bond acceptors (Lipinski definition) is 0. The fourth-order valence-corrected chi connectivity index (χ4v) is 22.1. The molecule has 2 aromatic rings. The summed E-state index contributed by atoms with van der Waals surface area (Å²) in [4.78, 5) is 0. The topological polar surface area (TPSA) is 0 Å². The second-order valence-electron chi connectivity index (χ2n) is 9.40. The first-order valence-electron chi connectivity index (χ1n) is 13.1. The van der Waals surface area contributed by atoms with Crippen LogP contribution in [0.5, 0.6) is 0 Å². The molecular formula is C30H40Cl2HfP2. The van der Waals surface area contributed by atoms with Crippen LogP contribution in [0.1, 0.15) is 83.0 Å². The van der Waals surface area contributed by atoms with Gasteiger partial charge in [-0.05, 0) is 0 Å². The van der Waals surface area contributed by atoms with Gasteiger partial charge in [0.05, 0.1) is 0 Å². The third-order valence-electron chi connectivity index (χ3n) is 6.85. The molecule has 0 aliphatic heterocycles. The zero-order valence-corrected chi connectivity index (χ0v) is 28.6. The maximum absolute atomic E-state index is 2.66. The first kappa shape index (κ1) is 31.4. The van der Waals surface area contributed by atoms with Gasteiger partial charge in [-0.1, -0.05) is 0 Å². The van der Waals surface area contributed by atoms with E-state index in [1.807, 2.05) is 10.6 Å². The summed E-state index contributed by atoms with van der Waals surface area (Å²) in [7, 11) is 0.0348. The van der Waals surface area contributed by atoms with Gasteiger partial charge in [-0.3, -0.25) is 0 Å². The van der Waals surface area contributed by atoms with Crippen molar-refractivity contribution in [3.8, 4) is 0 Å². The summed E-state index contributed by atoms with van der Waals surface area (Å²) in [6.07, 6.45) is 16.3. The smallest absolute Gasteiger partial charge is 1.00 e. The SMILES string of the molecule is CCCP(CCC)C1=Cc2ccccc2[CH]1[Hf+2][CH]1C(P(CCC)CCC)=Cc2ccccc21.[Cl-].[Cl-]. The molecule has 2 aromatic carbocycles. The van der Waals surface area contributed by atoms with E-state index in [9.17, 15) is 0 Å². The molecule has 2 atom stereocenters. The molecule has 5 heteroatoms. The standard InChI is InChI=1S/2C15H20P.2ClH.Hf/c2*1-3-9-16(10-4-2)15-11-13-7-5-6-8-14(13)12-15;;;/h2*5-8,11-12H,3-4,9-10H2,1-2H3;2*1H;/q;;;;+2/p-2. The first-order valence-corrected chi connectivity index (χ1v) is 20.7. The Morgan fingerprint density at radius 1 is 0.571 bits per heavy atom. The third kappa shape index (κ3) is 7.21. The molecule has 0 amide bonds. The van der Waals surface area contributed by atoms with Crippen molar-refractivity contribution < 1.29 is 47.7 Å². The van der Waals surface area contributed by atoms with Crippen molar-refractivity contribution in [1.29, 1.82) is 0 Å². The molecule has 188 valence electrons. The molecule has 0 heterocycles. The van der Waals surface area contributed by atoms with E-state index in [1.54, 1.807) is 22.3 Å². The van der Waals surface area contributed by atoms with Crippen LogP contribution in [-0.4, -0.2) is 24.6 Å². The van der Waals surface area contributed by atoms with E-state index in [0.29, 0.717) is 0 Å². The molecule has 2 aliphatic carbocycles. The van der Waals surface area contributed by atoms with Gasteiger partial charge in [-0.15, -0.1) is 0 Å². The maximum atomic E-state index is 2.66. The summed E-state index contributed by atoms with van der Waals surface area (Å²) >= 11 is -1.08. The van der Waals surface area contributed by atoms with Crippen LogP contribution in [0.2, 0.25) is 0 Å². The van der Waals surface area contributed by atoms with Crippen LogP contribution in [0, 0.1) is 0 Å². The Hall–Kier alpha value is 0.230. The monoisotopic (exact) mass is 712 g/mol. The van der Waals surface area contributed by atoms with Crippen molar-refractivity contribution in [3.63, 3.8) is 0 Å². The number of benzene rings is 2. The van der Waals surface area contributed by atoms with Gasteiger partial charge < -0.3 is 24.8 Å². The van der Waals surface area contributed by atoms with Crippen molar-refractivity contribution in [2.45, 2.75) is 60.7 Å². The zero-order chi connectivity index (χ0) is 23.2. The molecule has 0 radical (unpaired) electrons. The van der Waals surface area contributed by atoms with Gasteiger partial charge in [0.15, 0.2) is 0 Å². The van der Waals surface area contributed by atoms with Crippen molar-refractivity contribution in [3.05, 3.63) is 81.4 Å². The Bertz CT molecular complexity index is 912. The molecule has 0 aromatic heterocycles. The average Bonchev–Trinajstić information content (AvgIpc) is 3.38. The first-order chi connectivity index (χ1) is 16.2. The van der Waals surface area contributed by atoms with E-state index in [0.717, 1.165) is 7.35 Å². The van der Waals surface area contributed by atoms with Gasteiger partial charge in [0.25, 0.3) is 0 Å². The molecule has 0 saturated carbocycles. The average molecular weight is 712 g/mol. The molecule has 4 rings (SSSR count). The van der Waals surface area contributed by atoms with Crippen LogP contribution in [0.3, 0.4) is 0 Å². The van der Waals surface area contributed by atoms with E-state index in [4.69, 9.17) is 0 Å². The van der Waals surface area contributed by atoms with Crippen LogP contribution >= 0.6 is 15.8 Å². The fourth-order valence-electron chi connectivity index (χ4n) is 5.50. The van der Waals surface area contributed by atoms with Gasteiger partial charge in [0, 0.05) is 0 Å². The molecule has 0 nitrogen and oxygen atoms in total. The van der Waals surface area contributed by atoms with Crippen LogP contribution in [0.15, 0.2) is 59.2 Å². The Labute approximate surface area is 240 Å². The van der Waals surface area contributed by atoms with Crippen LogP contribution < -0.4 is 24.8 Å². The number of allylic oxidation sites excluding steroid dienone is 2. The van der Waals surface area contributed by atoms with Crippen LogP contribution in [-0.2, 0) is 22.9 Å².